The van der Waals surface area contributed by atoms with Gasteiger partial charge >= 0.3 is 5.69 Å². The number of aromatic hydroxyl groups is 1. The molecule has 0 atom stereocenters. The molecule has 0 aliphatic carbocycles. The highest BCUT2D eigenvalue weighted by Crippen LogP contribution is 2.23. The Hall–Kier alpha value is -2.50. The van der Waals surface area contributed by atoms with E-state index < -0.39 is 11.2 Å². The Balaban J connectivity index is 2.47. The molecular weight excluding hydrogens is 222 g/mol. The van der Waals surface area contributed by atoms with Crippen LogP contribution in [-0.4, -0.2) is 22.1 Å². The van der Waals surface area contributed by atoms with E-state index in [2.05, 4.69) is 9.97 Å². The van der Waals surface area contributed by atoms with Crippen LogP contribution in [0.4, 0.5) is 11.5 Å². The van der Waals surface area contributed by atoms with Gasteiger partial charge in [0.15, 0.2) is 0 Å². The first kappa shape index (κ1) is 11.0. The van der Waals surface area contributed by atoms with Gasteiger partial charge < -0.3 is 10.0 Å². The number of anilines is 2. The second-order valence-electron chi connectivity index (χ2n) is 3.55. The summed E-state index contributed by atoms with van der Waals surface area (Å²) in [5.74, 6) is 0.464. The van der Waals surface area contributed by atoms with E-state index in [4.69, 9.17) is 0 Å². The third-order valence-corrected chi connectivity index (χ3v) is 2.32. The zero-order valence-electron chi connectivity index (χ0n) is 9.10. The molecule has 0 bridgehead atoms. The van der Waals surface area contributed by atoms with Crippen molar-refractivity contribution in [1.29, 1.82) is 0 Å². The Morgan fingerprint density at radius 2 is 1.94 bits per heavy atom. The average molecular weight is 233 g/mol. The van der Waals surface area contributed by atoms with Gasteiger partial charge in [0.05, 0.1) is 0 Å². The molecule has 2 rings (SSSR count). The van der Waals surface area contributed by atoms with Gasteiger partial charge in [0.25, 0.3) is 5.56 Å². The lowest BCUT2D eigenvalue weighted by molar-refractivity contribution is 0.475. The van der Waals surface area contributed by atoms with Crippen LogP contribution in [0.3, 0.4) is 0 Å². The van der Waals surface area contributed by atoms with Gasteiger partial charge in [-0.1, -0.05) is 6.07 Å². The number of aromatic amines is 2. The average Bonchev–Trinajstić information content (AvgIpc) is 2.26. The van der Waals surface area contributed by atoms with Crippen LogP contribution in [0.1, 0.15) is 0 Å². The molecule has 0 aliphatic heterocycles. The molecule has 0 amide bonds. The van der Waals surface area contributed by atoms with Crippen LogP contribution < -0.4 is 16.1 Å². The summed E-state index contributed by atoms with van der Waals surface area (Å²) < 4.78 is 0. The predicted octanol–water partition coefficient (Wildman–Crippen LogP) is 0.537. The highest BCUT2D eigenvalue weighted by Gasteiger charge is 2.06. The van der Waals surface area contributed by atoms with E-state index in [9.17, 15) is 14.7 Å². The number of phenolic OH excluding ortho intramolecular Hbond substituents is 1. The van der Waals surface area contributed by atoms with E-state index in [1.807, 2.05) is 0 Å². The zero-order valence-corrected chi connectivity index (χ0v) is 9.10. The van der Waals surface area contributed by atoms with Crippen LogP contribution in [0.25, 0.3) is 0 Å². The van der Waals surface area contributed by atoms with E-state index in [1.54, 1.807) is 24.1 Å². The normalized spacial score (nSPS) is 10.2. The lowest BCUT2D eigenvalue weighted by Crippen LogP contribution is -2.25. The number of aromatic nitrogens is 2. The number of rotatable bonds is 2. The Morgan fingerprint density at radius 3 is 2.59 bits per heavy atom. The molecule has 2 aromatic rings. The molecule has 0 spiro atoms. The van der Waals surface area contributed by atoms with Crippen molar-refractivity contribution < 1.29 is 5.11 Å². The fourth-order valence-corrected chi connectivity index (χ4v) is 1.48. The fraction of sp³-hybridized carbons (Fsp3) is 0.0909. The number of nitrogens with one attached hydrogen (secondary N) is 2. The van der Waals surface area contributed by atoms with Gasteiger partial charge in [-0.25, -0.2) is 4.79 Å². The summed E-state index contributed by atoms with van der Waals surface area (Å²) in [4.78, 5) is 28.5. The van der Waals surface area contributed by atoms with Crippen molar-refractivity contribution in [3.05, 3.63) is 51.2 Å². The van der Waals surface area contributed by atoms with Crippen molar-refractivity contribution in [2.75, 3.05) is 11.9 Å². The van der Waals surface area contributed by atoms with Gasteiger partial charge in [0.2, 0.25) is 0 Å². The summed E-state index contributed by atoms with van der Waals surface area (Å²) in [5, 5.41) is 9.35. The van der Waals surface area contributed by atoms with Crippen molar-refractivity contribution in [2.24, 2.45) is 0 Å². The highest BCUT2D eigenvalue weighted by molar-refractivity contribution is 5.60. The van der Waals surface area contributed by atoms with Crippen LogP contribution in [0.5, 0.6) is 5.75 Å². The summed E-state index contributed by atoms with van der Waals surface area (Å²) in [6.45, 7) is 0. The van der Waals surface area contributed by atoms with E-state index in [-0.39, 0.29) is 5.75 Å². The lowest BCUT2D eigenvalue weighted by Gasteiger charge is -2.18. The third kappa shape index (κ3) is 2.36. The minimum atomic E-state index is -0.570. The standard InChI is InChI=1S/C11H11N3O3/c1-14(7-3-2-4-8(15)5-7)9-6-10(16)13-11(17)12-9/h2-6,15H,1H3,(H2,12,13,16,17). The maximum atomic E-state index is 11.2. The number of nitrogens with zero attached hydrogens (tertiary/aromatic N) is 1. The molecule has 0 saturated carbocycles. The quantitative estimate of drug-likeness (QED) is 0.706. The minimum Gasteiger partial charge on any atom is -0.508 e. The highest BCUT2D eigenvalue weighted by atomic mass is 16.3. The molecular formula is C11H11N3O3. The Labute approximate surface area is 96.2 Å². The SMILES string of the molecule is CN(c1cccc(O)c1)c1cc(=O)[nH]c(=O)[nH]1. The number of hydrogen-bond donors (Lipinski definition) is 3. The number of phenols is 1. The molecule has 1 aromatic heterocycles. The Morgan fingerprint density at radius 1 is 1.18 bits per heavy atom. The third-order valence-electron chi connectivity index (χ3n) is 2.32. The van der Waals surface area contributed by atoms with Gasteiger partial charge in [-0.05, 0) is 12.1 Å². The first-order chi connectivity index (χ1) is 8.06. The molecule has 6 heteroatoms. The molecule has 0 saturated heterocycles. The number of H-pyrrole nitrogens is 2. The molecule has 0 radical (unpaired) electrons. The summed E-state index contributed by atoms with van der Waals surface area (Å²) >= 11 is 0. The fourth-order valence-electron chi connectivity index (χ4n) is 1.48. The van der Waals surface area contributed by atoms with Crippen LogP contribution in [0.2, 0.25) is 0 Å². The second kappa shape index (κ2) is 4.17. The summed E-state index contributed by atoms with van der Waals surface area (Å²) in [7, 11) is 1.68. The van der Waals surface area contributed by atoms with Gasteiger partial charge in [-0.3, -0.25) is 14.8 Å². The maximum absolute atomic E-state index is 11.2. The zero-order chi connectivity index (χ0) is 12.4. The molecule has 3 N–H and O–H groups in total. The summed E-state index contributed by atoms with van der Waals surface area (Å²) in [5.41, 5.74) is -0.387. The van der Waals surface area contributed by atoms with Gasteiger partial charge in [0, 0.05) is 24.9 Å². The van der Waals surface area contributed by atoms with Gasteiger partial charge in [-0.15, -0.1) is 0 Å². The smallest absolute Gasteiger partial charge is 0.327 e. The predicted molar refractivity (Wildman–Crippen MR) is 63.9 cm³/mol. The summed E-state index contributed by atoms with van der Waals surface area (Å²) in [6, 6.07) is 7.76. The Kier molecular flexibility index (Phi) is 2.70. The number of hydrogen-bond acceptors (Lipinski definition) is 4. The van der Waals surface area contributed by atoms with Crippen LogP contribution >= 0.6 is 0 Å². The monoisotopic (exact) mass is 233 g/mol. The summed E-state index contributed by atoms with van der Waals surface area (Å²) in [6.07, 6.45) is 0. The topological polar surface area (TPSA) is 89.2 Å². The molecule has 0 unspecified atom stereocenters. The van der Waals surface area contributed by atoms with Crippen LogP contribution in [-0.2, 0) is 0 Å². The molecule has 0 aliphatic rings. The molecule has 0 fully saturated rings. The molecule has 1 aromatic carbocycles. The molecule has 1 heterocycles. The van der Waals surface area contributed by atoms with Crippen LogP contribution in [0.15, 0.2) is 39.9 Å². The van der Waals surface area contributed by atoms with Crippen LogP contribution in [0, 0.1) is 0 Å². The van der Waals surface area contributed by atoms with E-state index in [0.717, 1.165) is 0 Å². The molecule has 17 heavy (non-hydrogen) atoms. The molecule has 6 nitrogen and oxygen atoms in total. The van der Waals surface area contributed by atoms with E-state index >= 15 is 0 Å². The minimum absolute atomic E-state index is 0.113. The van der Waals surface area contributed by atoms with Crippen molar-refractivity contribution in [3.8, 4) is 5.75 Å². The largest absolute Gasteiger partial charge is 0.508 e. The van der Waals surface area contributed by atoms with E-state index in [0.29, 0.717) is 11.5 Å². The first-order valence-corrected chi connectivity index (χ1v) is 4.92. The first-order valence-electron chi connectivity index (χ1n) is 4.92. The number of benzene rings is 1. The van der Waals surface area contributed by atoms with Crippen molar-refractivity contribution in [1.82, 2.24) is 9.97 Å². The lowest BCUT2D eigenvalue weighted by atomic mass is 10.3. The maximum Gasteiger partial charge on any atom is 0.327 e. The van der Waals surface area contributed by atoms with Gasteiger partial charge in [0.1, 0.15) is 11.6 Å². The van der Waals surface area contributed by atoms with Gasteiger partial charge in [-0.2, -0.15) is 0 Å². The van der Waals surface area contributed by atoms with Crippen molar-refractivity contribution in [3.63, 3.8) is 0 Å². The van der Waals surface area contributed by atoms with E-state index in [1.165, 1.54) is 18.2 Å². The van der Waals surface area contributed by atoms with Crippen molar-refractivity contribution >= 4 is 11.5 Å². The Bertz CT molecular complexity index is 616. The van der Waals surface area contributed by atoms with Crippen molar-refractivity contribution in [2.45, 2.75) is 0 Å². The second-order valence-corrected chi connectivity index (χ2v) is 3.55. The molecule has 88 valence electrons.